The summed E-state index contributed by atoms with van der Waals surface area (Å²) in [6.07, 6.45) is 8.75. The Kier molecular flexibility index (Phi) is 3.85. The maximum atomic E-state index is 11.3. The molecule has 2 aromatic heterocycles. The van der Waals surface area contributed by atoms with Crippen molar-refractivity contribution in [1.29, 1.82) is 0 Å². The van der Waals surface area contributed by atoms with Gasteiger partial charge in [-0.25, -0.2) is 9.66 Å². The number of carbonyl (C=O) groups excluding carboxylic acids is 1. The topological polar surface area (TPSA) is 93.2 Å². The van der Waals surface area contributed by atoms with Crippen molar-refractivity contribution in [2.24, 2.45) is 23.5 Å². The van der Waals surface area contributed by atoms with Crippen molar-refractivity contribution < 1.29 is 9.90 Å². The lowest BCUT2D eigenvalue weighted by molar-refractivity contribution is -0.131. The van der Waals surface area contributed by atoms with Gasteiger partial charge >= 0.3 is 0 Å². The van der Waals surface area contributed by atoms with Crippen molar-refractivity contribution in [1.82, 2.24) is 9.66 Å². The quantitative estimate of drug-likeness (QED) is 0.727. The van der Waals surface area contributed by atoms with Gasteiger partial charge in [0.25, 0.3) is 0 Å². The smallest absolute Gasteiger partial charge is 0.250 e. The first-order valence-electron chi connectivity index (χ1n) is 8.77. The molecule has 6 nitrogen and oxygen atoms in total. The molecule has 0 aromatic carbocycles. The van der Waals surface area contributed by atoms with Crippen LogP contribution in [0.2, 0.25) is 0 Å². The number of nitrogens with one attached hydrogen (secondary N) is 1. The van der Waals surface area contributed by atoms with Crippen LogP contribution in [0, 0.1) is 17.8 Å². The molecule has 25 heavy (non-hydrogen) atoms. The summed E-state index contributed by atoms with van der Waals surface area (Å²) in [7, 11) is 0. The van der Waals surface area contributed by atoms with Crippen molar-refractivity contribution in [3.8, 4) is 0 Å². The zero-order valence-electron chi connectivity index (χ0n) is 13.9. The maximum absolute atomic E-state index is 11.3. The average Bonchev–Trinajstić information content (AvgIpc) is 2.91. The van der Waals surface area contributed by atoms with E-state index in [-0.39, 0.29) is 17.0 Å². The molecule has 4 aliphatic carbocycles. The molecule has 0 radical (unpaired) electrons. The van der Waals surface area contributed by atoms with Crippen molar-refractivity contribution >= 4 is 33.9 Å². The summed E-state index contributed by atoms with van der Waals surface area (Å²) in [5.74, 6) is 1.30. The van der Waals surface area contributed by atoms with Crippen LogP contribution in [-0.4, -0.2) is 32.3 Å². The van der Waals surface area contributed by atoms with E-state index in [0.29, 0.717) is 29.4 Å². The zero-order chi connectivity index (χ0) is 16.5. The number of aromatic nitrogens is 2. The Bertz CT molecular complexity index is 820. The minimum Gasteiger partial charge on any atom is -0.390 e. The van der Waals surface area contributed by atoms with Crippen molar-refractivity contribution in [3.63, 3.8) is 0 Å². The summed E-state index contributed by atoms with van der Waals surface area (Å²) in [4.78, 5) is 15.7. The summed E-state index contributed by atoms with van der Waals surface area (Å²) >= 11 is 0. The fraction of sp³-hybridized carbons (Fsp3) is 0.556. The molecule has 0 spiro atoms. The molecule has 2 unspecified atom stereocenters. The monoisotopic (exact) mass is 406 g/mol. The number of aliphatic hydroxyl groups is 1. The van der Waals surface area contributed by atoms with E-state index in [4.69, 9.17) is 5.73 Å². The molecule has 1 amide bonds. The van der Waals surface area contributed by atoms with Crippen LogP contribution in [0.25, 0.3) is 11.0 Å². The Balaban J connectivity index is 0.00000157. The first-order chi connectivity index (χ1) is 11.5. The van der Waals surface area contributed by atoms with Crippen LogP contribution in [-0.2, 0) is 0 Å². The number of hydrogen-bond donors (Lipinski definition) is 3. The molecule has 6 rings (SSSR count). The van der Waals surface area contributed by atoms with E-state index < -0.39 is 11.5 Å². The number of hydrogen-bond acceptors (Lipinski definition) is 4. The van der Waals surface area contributed by atoms with E-state index in [0.717, 1.165) is 30.3 Å². The third-order valence-corrected chi connectivity index (χ3v) is 6.34. The minimum atomic E-state index is -0.459. The van der Waals surface area contributed by atoms with Gasteiger partial charge in [-0.1, -0.05) is 0 Å². The van der Waals surface area contributed by atoms with Gasteiger partial charge in [0.05, 0.1) is 11.2 Å². The van der Waals surface area contributed by atoms with E-state index in [1.807, 2.05) is 16.9 Å². The van der Waals surface area contributed by atoms with Crippen molar-refractivity contribution in [2.75, 3.05) is 5.43 Å². The fourth-order valence-electron chi connectivity index (χ4n) is 5.62. The molecule has 2 atom stereocenters. The molecular formula is C18H23BrN4O2. The predicted molar refractivity (Wildman–Crippen MR) is 100 cm³/mol. The van der Waals surface area contributed by atoms with Crippen LogP contribution in [0.5, 0.6) is 0 Å². The number of rotatable bonds is 3. The Morgan fingerprint density at radius 2 is 2.04 bits per heavy atom. The van der Waals surface area contributed by atoms with Gasteiger partial charge in [-0.15, -0.1) is 17.0 Å². The SMILES string of the molecule is Br.NC(=O)c1cnc2c(ccn2NC2C3CC4CC2CC(O)(C4)C3)c1. The molecule has 4 aliphatic rings. The first kappa shape index (κ1) is 16.8. The summed E-state index contributed by atoms with van der Waals surface area (Å²) in [5, 5.41) is 11.6. The molecule has 4 N–H and O–H groups in total. The first-order valence-corrected chi connectivity index (χ1v) is 8.77. The second-order valence-electron chi connectivity index (χ2n) is 8.04. The van der Waals surface area contributed by atoms with Crippen LogP contribution in [0.4, 0.5) is 0 Å². The molecule has 0 saturated heterocycles. The molecule has 2 heterocycles. The second-order valence-corrected chi connectivity index (χ2v) is 8.04. The van der Waals surface area contributed by atoms with Gasteiger partial charge in [0.2, 0.25) is 5.91 Å². The van der Waals surface area contributed by atoms with Gasteiger partial charge in [0.15, 0.2) is 5.65 Å². The number of amides is 1. The molecule has 4 fully saturated rings. The number of pyridine rings is 1. The van der Waals surface area contributed by atoms with E-state index in [1.165, 1.54) is 19.0 Å². The Hall–Kier alpha value is -1.60. The van der Waals surface area contributed by atoms with Gasteiger partial charge in [-0.3, -0.25) is 4.79 Å². The van der Waals surface area contributed by atoms with Crippen LogP contribution < -0.4 is 11.2 Å². The normalized spacial score (nSPS) is 35.6. The van der Waals surface area contributed by atoms with Gasteiger partial charge in [0.1, 0.15) is 0 Å². The highest BCUT2D eigenvalue weighted by Gasteiger charge is 2.54. The predicted octanol–water partition coefficient (Wildman–Crippen LogP) is 2.20. The molecule has 4 saturated carbocycles. The van der Waals surface area contributed by atoms with Crippen molar-refractivity contribution in [2.45, 2.75) is 43.7 Å². The summed E-state index contributed by atoms with van der Waals surface area (Å²) < 4.78 is 1.97. The number of halogens is 1. The lowest BCUT2D eigenvalue weighted by Gasteiger charge is -2.58. The molecular weight excluding hydrogens is 384 g/mol. The largest absolute Gasteiger partial charge is 0.390 e. The maximum Gasteiger partial charge on any atom is 0.250 e. The highest BCUT2D eigenvalue weighted by Crippen LogP contribution is 2.55. The molecule has 7 heteroatoms. The highest BCUT2D eigenvalue weighted by atomic mass is 79.9. The Labute approximate surface area is 156 Å². The molecule has 134 valence electrons. The van der Waals surface area contributed by atoms with Crippen LogP contribution >= 0.6 is 17.0 Å². The van der Waals surface area contributed by atoms with E-state index >= 15 is 0 Å². The fourth-order valence-corrected chi connectivity index (χ4v) is 5.62. The lowest BCUT2D eigenvalue weighted by Crippen LogP contribution is -2.60. The molecule has 2 aromatic rings. The van der Waals surface area contributed by atoms with Gasteiger partial charge in [-0.2, -0.15) is 0 Å². The number of fused-ring (bicyclic) bond motifs is 1. The van der Waals surface area contributed by atoms with Gasteiger partial charge in [0, 0.05) is 23.8 Å². The standard InChI is InChI=1S/C18H22N4O2.BrH/c19-16(23)14-5-11-1-2-22(17(11)20-9-14)21-15-12-3-10-4-13(15)8-18(24,6-10)7-12;/h1-2,5,9-10,12-13,15,21,24H,3-4,6-8H2,(H2,19,23);1H. The van der Waals surface area contributed by atoms with E-state index in [9.17, 15) is 9.90 Å². The van der Waals surface area contributed by atoms with E-state index in [1.54, 1.807) is 6.07 Å². The molecule has 0 aliphatic heterocycles. The third kappa shape index (κ3) is 2.64. The summed E-state index contributed by atoms with van der Waals surface area (Å²) in [6, 6.07) is 4.11. The van der Waals surface area contributed by atoms with Gasteiger partial charge in [-0.05, 0) is 62.0 Å². The lowest BCUT2D eigenvalue weighted by atomic mass is 9.52. The zero-order valence-corrected chi connectivity index (χ0v) is 15.6. The number of nitrogens with zero attached hydrogens (tertiary/aromatic N) is 2. The Morgan fingerprint density at radius 1 is 1.32 bits per heavy atom. The van der Waals surface area contributed by atoms with Crippen LogP contribution in [0.3, 0.4) is 0 Å². The van der Waals surface area contributed by atoms with Crippen LogP contribution in [0.1, 0.15) is 42.5 Å². The minimum absolute atomic E-state index is 0. The Morgan fingerprint density at radius 3 is 2.68 bits per heavy atom. The second kappa shape index (κ2) is 5.71. The summed E-state index contributed by atoms with van der Waals surface area (Å²) in [6.45, 7) is 0. The number of carbonyl (C=O) groups is 1. The van der Waals surface area contributed by atoms with Gasteiger partial charge < -0.3 is 16.3 Å². The van der Waals surface area contributed by atoms with E-state index in [2.05, 4.69) is 10.4 Å². The molecule has 4 bridgehead atoms. The third-order valence-electron chi connectivity index (χ3n) is 6.34. The summed E-state index contributed by atoms with van der Waals surface area (Å²) in [5.41, 5.74) is 9.79. The van der Waals surface area contributed by atoms with Crippen LogP contribution in [0.15, 0.2) is 24.5 Å². The highest BCUT2D eigenvalue weighted by molar-refractivity contribution is 8.93. The number of nitrogens with two attached hydrogens (primary N) is 1. The average molecular weight is 407 g/mol. The van der Waals surface area contributed by atoms with Crippen molar-refractivity contribution in [3.05, 3.63) is 30.1 Å². The number of primary amides is 1.